The van der Waals surface area contributed by atoms with E-state index in [0.717, 1.165) is 6.54 Å². The van der Waals surface area contributed by atoms with Gasteiger partial charge in [0.15, 0.2) is 0 Å². The minimum Gasteiger partial charge on any atom is -0.335 e. The zero-order valence-corrected chi connectivity index (χ0v) is 14.5. The first-order valence-corrected chi connectivity index (χ1v) is 10.0. The summed E-state index contributed by atoms with van der Waals surface area (Å²) in [6.07, 6.45) is 5.11. The summed E-state index contributed by atoms with van der Waals surface area (Å²) in [7, 11) is -1.62. The highest BCUT2D eigenvalue weighted by molar-refractivity contribution is 6.79. The summed E-state index contributed by atoms with van der Waals surface area (Å²) in [5.74, 6) is 0. The molecule has 116 valence electrons. The molecule has 0 bridgehead atoms. The maximum atomic E-state index is 6.54. The number of hydrogen-bond donors (Lipinski definition) is 0. The molecular weight excluding hydrogens is 286 g/mol. The fourth-order valence-corrected chi connectivity index (χ4v) is 5.31. The molecule has 1 saturated heterocycles. The Morgan fingerprint density at radius 1 is 1.00 bits per heavy atom. The van der Waals surface area contributed by atoms with E-state index in [2.05, 4.69) is 72.7 Å². The van der Waals surface area contributed by atoms with E-state index in [9.17, 15) is 0 Å². The number of hydrogen-bond acceptors (Lipinski definition) is 2. The summed E-state index contributed by atoms with van der Waals surface area (Å²) in [5.41, 5.74) is 0. The minimum atomic E-state index is -1.62. The second kappa shape index (κ2) is 7.72. The summed E-state index contributed by atoms with van der Waals surface area (Å²) in [6, 6.07) is 22.1. The maximum Gasteiger partial charge on any atom is 0.267 e. The van der Waals surface area contributed by atoms with Crippen LogP contribution in [0.1, 0.15) is 32.6 Å². The second-order valence-corrected chi connectivity index (χ2v) is 8.34. The van der Waals surface area contributed by atoms with Crippen molar-refractivity contribution >= 4 is 19.4 Å². The van der Waals surface area contributed by atoms with Crippen LogP contribution in [0.3, 0.4) is 0 Å². The molecule has 0 amide bonds. The highest BCUT2D eigenvalue weighted by Crippen LogP contribution is 2.23. The van der Waals surface area contributed by atoms with Gasteiger partial charge in [-0.15, -0.1) is 0 Å². The molecule has 1 unspecified atom stereocenters. The number of unbranched alkanes of at least 4 members (excludes halogenated alkanes) is 1. The lowest BCUT2D eigenvalue weighted by Gasteiger charge is -2.42. The number of hydroxylamine groups is 2. The van der Waals surface area contributed by atoms with Crippen molar-refractivity contribution in [1.82, 2.24) is 5.06 Å². The van der Waals surface area contributed by atoms with Gasteiger partial charge in [-0.1, -0.05) is 80.4 Å². The highest BCUT2D eigenvalue weighted by atomic mass is 28.3. The van der Waals surface area contributed by atoms with Crippen LogP contribution in [-0.2, 0) is 4.53 Å². The molecule has 1 aliphatic rings. The molecule has 22 heavy (non-hydrogen) atoms. The Hall–Kier alpha value is -1.42. The molecule has 1 fully saturated rings. The van der Waals surface area contributed by atoms with E-state index in [4.69, 9.17) is 4.53 Å². The normalized spacial score (nSPS) is 18.4. The average molecular weight is 312 g/mol. The third kappa shape index (κ3) is 3.66. The maximum absolute atomic E-state index is 6.54. The summed E-state index contributed by atoms with van der Waals surface area (Å²) in [5, 5.41) is 4.97. The molecule has 1 atom stereocenters. The van der Waals surface area contributed by atoms with E-state index in [1.54, 1.807) is 0 Å². The molecule has 3 heteroatoms. The van der Waals surface area contributed by atoms with E-state index in [-0.39, 0.29) is 0 Å². The van der Waals surface area contributed by atoms with Crippen molar-refractivity contribution in [3.05, 3.63) is 60.7 Å². The van der Waals surface area contributed by atoms with Gasteiger partial charge in [0.2, 0.25) is 0 Å². The zero-order valence-electron chi connectivity index (χ0n) is 13.3. The zero-order chi connectivity index (χ0) is 15.2. The fourth-order valence-electron chi connectivity index (χ4n) is 2.99. The molecule has 0 N–H and O–H groups in total. The van der Waals surface area contributed by atoms with Crippen LogP contribution in [0.4, 0.5) is 0 Å². The molecule has 2 nitrogen and oxygen atoms in total. The van der Waals surface area contributed by atoms with Crippen LogP contribution in [-0.4, -0.2) is 26.7 Å². The van der Waals surface area contributed by atoms with Crippen LogP contribution >= 0.6 is 0 Å². The van der Waals surface area contributed by atoms with Gasteiger partial charge in [-0.05, 0) is 23.2 Å². The predicted molar refractivity (Wildman–Crippen MR) is 95.0 cm³/mol. The van der Waals surface area contributed by atoms with E-state index in [1.165, 1.54) is 36.1 Å². The Morgan fingerprint density at radius 2 is 1.59 bits per heavy atom. The van der Waals surface area contributed by atoms with Gasteiger partial charge in [-0.2, -0.15) is 5.06 Å². The molecule has 1 heterocycles. The molecule has 3 rings (SSSR count). The third-order valence-corrected chi connectivity index (χ3v) is 6.89. The number of rotatable bonds is 7. The lowest BCUT2D eigenvalue weighted by molar-refractivity contribution is -0.157. The first kappa shape index (κ1) is 15.5. The van der Waals surface area contributed by atoms with Crippen molar-refractivity contribution in [3.63, 3.8) is 0 Å². The van der Waals surface area contributed by atoms with Crippen molar-refractivity contribution in [2.45, 2.75) is 38.6 Å². The van der Waals surface area contributed by atoms with Crippen molar-refractivity contribution in [2.24, 2.45) is 0 Å². The predicted octanol–water partition coefficient (Wildman–Crippen LogP) is 2.72. The monoisotopic (exact) mass is 311 g/mol. The number of benzene rings is 2. The molecule has 0 spiro atoms. The van der Waals surface area contributed by atoms with Gasteiger partial charge < -0.3 is 4.53 Å². The van der Waals surface area contributed by atoms with E-state index >= 15 is 0 Å². The Labute approximate surface area is 135 Å². The third-order valence-electron chi connectivity index (χ3n) is 4.43. The average Bonchev–Trinajstić information content (AvgIpc) is 2.56. The first-order chi connectivity index (χ1) is 10.9. The fraction of sp³-hybridized carbons (Fsp3) is 0.368. The van der Waals surface area contributed by atoms with Gasteiger partial charge in [0.1, 0.15) is 0 Å². The Kier molecular flexibility index (Phi) is 5.43. The lowest BCUT2D eigenvalue weighted by Crippen LogP contribution is -2.56. The highest BCUT2D eigenvalue weighted by Gasteiger charge is 2.32. The van der Waals surface area contributed by atoms with E-state index < -0.39 is 9.04 Å². The topological polar surface area (TPSA) is 12.5 Å². The van der Waals surface area contributed by atoms with Crippen LogP contribution < -0.4 is 10.4 Å². The van der Waals surface area contributed by atoms with Crippen molar-refractivity contribution in [3.8, 4) is 0 Å². The number of nitrogens with zero attached hydrogens (tertiary/aromatic N) is 1. The van der Waals surface area contributed by atoms with Gasteiger partial charge in [0.05, 0.1) is 0 Å². The molecule has 2 aromatic rings. The van der Waals surface area contributed by atoms with Gasteiger partial charge in [-0.25, -0.2) is 0 Å². The first-order valence-electron chi connectivity index (χ1n) is 8.42. The van der Waals surface area contributed by atoms with Crippen molar-refractivity contribution in [2.75, 3.05) is 6.54 Å². The Bertz CT molecular complexity index is 521. The van der Waals surface area contributed by atoms with Crippen LogP contribution in [0, 0.1) is 0 Å². The second-order valence-electron chi connectivity index (χ2n) is 6.03. The Morgan fingerprint density at radius 3 is 2.05 bits per heavy atom. The molecule has 2 aromatic carbocycles. The molecule has 0 aromatic heterocycles. The van der Waals surface area contributed by atoms with E-state index in [1.807, 2.05) is 0 Å². The largest absolute Gasteiger partial charge is 0.335 e. The summed E-state index contributed by atoms with van der Waals surface area (Å²) in [4.78, 5) is 0. The molecule has 0 saturated carbocycles. The van der Waals surface area contributed by atoms with Crippen LogP contribution in [0.5, 0.6) is 0 Å². The van der Waals surface area contributed by atoms with E-state index in [0.29, 0.717) is 6.04 Å². The molecule has 0 radical (unpaired) electrons. The Balaban J connectivity index is 1.75. The minimum absolute atomic E-state index is 0.627. The van der Waals surface area contributed by atoms with Crippen LogP contribution in [0.2, 0.25) is 0 Å². The standard InChI is InChI=1S/C19H25NOSi/c1-2-3-10-17-15-16-20(17)21-22(18-11-6-4-7-12-18)19-13-8-5-9-14-19/h4-9,11-14,17,22H,2-3,10,15-16H2,1H3. The van der Waals surface area contributed by atoms with Gasteiger partial charge >= 0.3 is 0 Å². The van der Waals surface area contributed by atoms with Crippen molar-refractivity contribution in [1.29, 1.82) is 0 Å². The van der Waals surface area contributed by atoms with Crippen LogP contribution in [0.15, 0.2) is 60.7 Å². The van der Waals surface area contributed by atoms with Gasteiger partial charge in [0.25, 0.3) is 9.04 Å². The molecular formula is C19H25NOSi. The summed E-state index contributed by atoms with van der Waals surface area (Å²) >= 11 is 0. The van der Waals surface area contributed by atoms with Gasteiger partial charge in [0, 0.05) is 12.6 Å². The quantitative estimate of drug-likeness (QED) is 0.729. The molecule has 0 aliphatic carbocycles. The molecule has 1 aliphatic heterocycles. The SMILES string of the molecule is CCCCC1CCN1O[SiH](c1ccccc1)c1ccccc1. The van der Waals surface area contributed by atoms with Crippen LogP contribution in [0.25, 0.3) is 0 Å². The smallest absolute Gasteiger partial charge is 0.267 e. The summed E-state index contributed by atoms with van der Waals surface area (Å²) < 4.78 is 6.54. The summed E-state index contributed by atoms with van der Waals surface area (Å²) in [6.45, 7) is 3.34. The lowest BCUT2D eigenvalue weighted by atomic mass is 10.0. The van der Waals surface area contributed by atoms with Gasteiger partial charge in [-0.3, -0.25) is 0 Å². The van der Waals surface area contributed by atoms with Crippen molar-refractivity contribution < 1.29 is 4.53 Å².